The molecule has 42 heavy (non-hydrogen) atoms. The molecule has 0 spiro atoms. The number of para-hydroxylation sites is 3. The zero-order valence-electron chi connectivity index (χ0n) is 22.6. The summed E-state index contributed by atoms with van der Waals surface area (Å²) >= 11 is 0. The first-order chi connectivity index (χ1) is 20.7. The Morgan fingerprint density at radius 2 is 1.17 bits per heavy atom. The molecule has 4 heteroatoms. The molecule has 2 unspecified atom stereocenters. The average Bonchev–Trinajstić information content (AvgIpc) is 3.57. The highest BCUT2D eigenvalue weighted by molar-refractivity contribution is 6.09. The number of nitriles is 2. The molecule has 1 aromatic heterocycles. The lowest BCUT2D eigenvalue weighted by molar-refractivity contribution is 0.744. The number of rotatable bonds is 3. The molecule has 0 saturated heterocycles. The molecule has 196 valence electrons. The molecule has 0 N–H and O–H groups in total. The summed E-state index contributed by atoms with van der Waals surface area (Å²) in [7, 11) is 0. The zero-order chi connectivity index (χ0) is 28.2. The summed E-state index contributed by atoms with van der Waals surface area (Å²) in [6.45, 7) is 0. The number of nitrogens with zero attached hydrogens (tertiary/aromatic N) is 4. The number of allylic oxidation sites excluding steroid dienone is 2. The molecule has 6 aromatic rings. The van der Waals surface area contributed by atoms with Crippen molar-refractivity contribution in [3.63, 3.8) is 0 Å². The van der Waals surface area contributed by atoms with Crippen LogP contribution in [0.2, 0.25) is 0 Å². The van der Waals surface area contributed by atoms with Gasteiger partial charge in [-0.2, -0.15) is 10.5 Å². The second-order valence-corrected chi connectivity index (χ2v) is 10.8. The van der Waals surface area contributed by atoms with Crippen LogP contribution in [-0.4, -0.2) is 10.6 Å². The lowest BCUT2D eigenvalue weighted by atomic mass is 9.91. The van der Waals surface area contributed by atoms with Crippen LogP contribution >= 0.6 is 0 Å². The maximum absolute atomic E-state index is 9.75. The van der Waals surface area contributed by atoms with Crippen molar-refractivity contribution in [2.75, 3.05) is 4.90 Å². The van der Waals surface area contributed by atoms with Crippen LogP contribution < -0.4 is 4.90 Å². The number of aromatic nitrogens is 1. The Labute approximate surface area is 243 Å². The van der Waals surface area contributed by atoms with E-state index in [0.29, 0.717) is 11.1 Å². The van der Waals surface area contributed by atoms with E-state index in [1.165, 1.54) is 22.0 Å². The Kier molecular flexibility index (Phi) is 5.36. The third-order valence-electron chi connectivity index (χ3n) is 8.50. The van der Waals surface area contributed by atoms with E-state index in [1.54, 1.807) is 6.07 Å². The standard InChI is InChI=1S/C38H24N4/c39-23-25-17-26(24-40)19-27(18-25)28-20-29(41-35-13-5-1-9-31(35)32-10-2-6-14-36(32)41)22-30(21-28)42-37-15-7-3-11-33(37)34-12-4-8-16-38(34)42/h1-22,31,35H. The van der Waals surface area contributed by atoms with Gasteiger partial charge < -0.3 is 9.47 Å². The fourth-order valence-corrected chi connectivity index (χ4v) is 6.74. The smallest absolute Gasteiger partial charge is 0.0992 e. The third kappa shape index (κ3) is 3.60. The first-order valence-corrected chi connectivity index (χ1v) is 14.1. The summed E-state index contributed by atoms with van der Waals surface area (Å²) in [6, 6.07) is 42.3. The number of fused-ring (bicyclic) bond motifs is 6. The second kappa shape index (κ2) is 9.37. The predicted molar refractivity (Wildman–Crippen MR) is 169 cm³/mol. The molecule has 4 nitrogen and oxygen atoms in total. The molecule has 2 heterocycles. The largest absolute Gasteiger partial charge is 0.333 e. The Balaban J connectivity index is 1.44. The molecule has 0 bridgehead atoms. The zero-order valence-corrected chi connectivity index (χ0v) is 22.6. The van der Waals surface area contributed by atoms with Crippen LogP contribution in [0.15, 0.2) is 133 Å². The van der Waals surface area contributed by atoms with Crippen molar-refractivity contribution in [3.05, 3.63) is 150 Å². The van der Waals surface area contributed by atoms with Crippen molar-refractivity contribution in [1.82, 2.24) is 4.57 Å². The number of hydrogen-bond donors (Lipinski definition) is 0. The maximum Gasteiger partial charge on any atom is 0.0992 e. The monoisotopic (exact) mass is 536 g/mol. The summed E-state index contributed by atoms with van der Waals surface area (Å²) in [5.74, 6) is 0.263. The molecule has 1 aliphatic heterocycles. The third-order valence-corrected chi connectivity index (χ3v) is 8.50. The summed E-state index contributed by atoms with van der Waals surface area (Å²) in [6.07, 6.45) is 8.84. The van der Waals surface area contributed by atoms with Gasteiger partial charge in [0.2, 0.25) is 0 Å². The second-order valence-electron chi connectivity index (χ2n) is 10.8. The van der Waals surface area contributed by atoms with Gasteiger partial charge in [0.05, 0.1) is 40.3 Å². The molecule has 0 amide bonds. The van der Waals surface area contributed by atoms with E-state index < -0.39 is 0 Å². The van der Waals surface area contributed by atoms with E-state index in [2.05, 4.69) is 137 Å². The Morgan fingerprint density at radius 3 is 1.88 bits per heavy atom. The van der Waals surface area contributed by atoms with Crippen LogP contribution in [0.4, 0.5) is 11.4 Å². The molecular weight excluding hydrogens is 512 g/mol. The molecule has 5 aromatic carbocycles. The van der Waals surface area contributed by atoms with Gasteiger partial charge in [0, 0.05) is 33.8 Å². The molecule has 2 atom stereocenters. The van der Waals surface area contributed by atoms with Gasteiger partial charge in [-0.3, -0.25) is 0 Å². The lowest BCUT2D eigenvalue weighted by Gasteiger charge is -2.30. The fourth-order valence-electron chi connectivity index (χ4n) is 6.74. The Hall–Kier alpha value is -5.84. The van der Waals surface area contributed by atoms with E-state index in [4.69, 9.17) is 0 Å². The molecule has 2 aliphatic rings. The number of hydrogen-bond acceptors (Lipinski definition) is 3. The molecular formula is C38H24N4. The first kappa shape index (κ1) is 24.0. The van der Waals surface area contributed by atoms with Crippen LogP contribution in [0.3, 0.4) is 0 Å². The van der Waals surface area contributed by atoms with Crippen LogP contribution in [0.5, 0.6) is 0 Å². The highest BCUT2D eigenvalue weighted by atomic mass is 15.2. The highest BCUT2D eigenvalue weighted by Crippen LogP contribution is 2.48. The fraction of sp³-hybridized carbons (Fsp3) is 0.0526. The minimum absolute atomic E-state index is 0.147. The number of anilines is 2. The van der Waals surface area contributed by atoms with Crippen molar-refractivity contribution in [2.45, 2.75) is 12.0 Å². The first-order valence-electron chi connectivity index (χ1n) is 14.1. The van der Waals surface area contributed by atoms with Crippen molar-refractivity contribution in [3.8, 4) is 29.0 Å². The normalized spacial score (nSPS) is 16.8. The Morgan fingerprint density at radius 1 is 0.571 bits per heavy atom. The summed E-state index contributed by atoms with van der Waals surface area (Å²) in [5.41, 5.74) is 9.59. The average molecular weight is 537 g/mol. The minimum atomic E-state index is 0.147. The van der Waals surface area contributed by atoms with Gasteiger partial charge in [-0.15, -0.1) is 0 Å². The van der Waals surface area contributed by atoms with Crippen molar-refractivity contribution in [1.29, 1.82) is 10.5 Å². The van der Waals surface area contributed by atoms with Gasteiger partial charge in [-0.25, -0.2) is 0 Å². The van der Waals surface area contributed by atoms with Crippen molar-refractivity contribution < 1.29 is 0 Å². The van der Waals surface area contributed by atoms with Crippen LogP contribution in [-0.2, 0) is 0 Å². The predicted octanol–water partition coefficient (Wildman–Crippen LogP) is 8.92. The quantitative estimate of drug-likeness (QED) is 0.227. The summed E-state index contributed by atoms with van der Waals surface area (Å²) in [5, 5.41) is 21.9. The molecule has 0 saturated carbocycles. The number of benzene rings is 5. The van der Waals surface area contributed by atoms with Gasteiger partial charge in [-0.1, -0.05) is 78.9 Å². The van der Waals surface area contributed by atoms with Crippen LogP contribution in [0.25, 0.3) is 38.6 Å². The van der Waals surface area contributed by atoms with Crippen molar-refractivity contribution >= 4 is 33.2 Å². The summed E-state index contributed by atoms with van der Waals surface area (Å²) < 4.78 is 2.33. The van der Waals surface area contributed by atoms with Crippen LogP contribution in [0, 0.1) is 22.7 Å². The Bertz CT molecular complexity index is 2120. The van der Waals surface area contributed by atoms with Crippen LogP contribution in [0.1, 0.15) is 22.6 Å². The van der Waals surface area contributed by atoms with Gasteiger partial charge in [0.25, 0.3) is 0 Å². The van der Waals surface area contributed by atoms with E-state index in [-0.39, 0.29) is 12.0 Å². The van der Waals surface area contributed by atoms with E-state index >= 15 is 0 Å². The van der Waals surface area contributed by atoms with Gasteiger partial charge in [0.15, 0.2) is 0 Å². The molecule has 8 rings (SSSR count). The molecule has 0 fully saturated rings. The highest BCUT2D eigenvalue weighted by Gasteiger charge is 2.37. The van der Waals surface area contributed by atoms with E-state index in [0.717, 1.165) is 33.5 Å². The summed E-state index contributed by atoms with van der Waals surface area (Å²) in [4.78, 5) is 2.43. The molecule has 1 aliphatic carbocycles. The minimum Gasteiger partial charge on any atom is -0.333 e. The van der Waals surface area contributed by atoms with Gasteiger partial charge in [-0.05, 0) is 71.3 Å². The van der Waals surface area contributed by atoms with E-state index in [1.807, 2.05) is 12.1 Å². The topological polar surface area (TPSA) is 55.8 Å². The van der Waals surface area contributed by atoms with Gasteiger partial charge in [0.1, 0.15) is 0 Å². The maximum atomic E-state index is 9.75. The lowest BCUT2D eigenvalue weighted by Crippen LogP contribution is -2.28. The molecule has 0 radical (unpaired) electrons. The van der Waals surface area contributed by atoms with Gasteiger partial charge >= 0.3 is 0 Å². The SMILES string of the molecule is N#Cc1cc(C#N)cc(-c2cc(N3c4ccccc4C4C=CC=CC43)cc(-n3c4ccccc4c4ccccc43)c2)c1. The van der Waals surface area contributed by atoms with Crippen molar-refractivity contribution in [2.24, 2.45) is 0 Å². The van der Waals surface area contributed by atoms with E-state index in [9.17, 15) is 10.5 Å².